The number of hydrogen-bond acceptors (Lipinski definition) is 4. The number of carbonyl (C=O) groups is 2. The molecule has 2 unspecified atom stereocenters. The fourth-order valence-electron chi connectivity index (χ4n) is 5.16. The third kappa shape index (κ3) is 5.61. The Labute approximate surface area is 193 Å². The zero-order valence-corrected chi connectivity index (χ0v) is 22.9. The van der Waals surface area contributed by atoms with Gasteiger partial charge in [-0.05, 0) is 44.9 Å². The quantitative estimate of drug-likeness (QED) is 0.422. The molecule has 2 atom stereocenters. The van der Waals surface area contributed by atoms with Crippen LogP contribution in [-0.4, -0.2) is 58.6 Å². The molecule has 1 saturated heterocycles. The molecule has 1 aliphatic rings. The molecule has 0 amide bonds. The van der Waals surface area contributed by atoms with Crippen molar-refractivity contribution in [1.82, 2.24) is 9.80 Å². The molecule has 4 nitrogen and oxygen atoms in total. The van der Waals surface area contributed by atoms with Crippen LogP contribution in [0.2, 0.25) is 0 Å². The average molecular weight is 437 g/mol. The first-order valence-corrected chi connectivity index (χ1v) is 12.6. The second kappa shape index (κ2) is 9.63. The SMILES string of the molecule is CCC(C)(C)C(=O)C(C)(CC)N1CCN(C(C)(CC)C(=O)C(C)(C)CC)CC(C)(C)C1. The second-order valence-corrected chi connectivity index (χ2v) is 12.4. The van der Waals surface area contributed by atoms with Gasteiger partial charge < -0.3 is 0 Å². The van der Waals surface area contributed by atoms with E-state index in [1.165, 1.54) is 0 Å². The smallest absolute Gasteiger partial charge is 0.158 e. The first-order valence-electron chi connectivity index (χ1n) is 12.6. The van der Waals surface area contributed by atoms with E-state index in [1.807, 2.05) is 0 Å². The highest BCUT2D eigenvalue weighted by atomic mass is 16.1. The monoisotopic (exact) mass is 436 g/mol. The van der Waals surface area contributed by atoms with Crippen molar-refractivity contribution < 1.29 is 9.59 Å². The van der Waals surface area contributed by atoms with E-state index in [4.69, 9.17) is 0 Å². The van der Waals surface area contributed by atoms with Crippen molar-refractivity contribution in [1.29, 1.82) is 0 Å². The predicted molar refractivity (Wildman–Crippen MR) is 132 cm³/mol. The molecule has 4 heteroatoms. The summed E-state index contributed by atoms with van der Waals surface area (Å²) in [6.07, 6.45) is 3.30. The number of carbonyl (C=O) groups excluding carboxylic acids is 2. The summed E-state index contributed by atoms with van der Waals surface area (Å²) in [5.74, 6) is 0.686. The lowest BCUT2D eigenvalue weighted by molar-refractivity contribution is -0.141. The van der Waals surface area contributed by atoms with Crippen molar-refractivity contribution in [3.05, 3.63) is 0 Å². The van der Waals surface area contributed by atoms with Crippen molar-refractivity contribution in [2.45, 2.75) is 120 Å². The average Bonchev–Trinajstić information content (AvgIpc) is 2.89. The molecule has 0 saturated carbocycles. The van der Waals surface area contributed by atoms with Crippen LogP contribution in [0.3, 0.4) is 0 Å². The normalized spacial score (nSPS) is 23.0. The van der Waals surface area contributed by atoms with Gasteiger partial charge in [0.1, 0.15) is 0 Å². The third-order valence-corrected chi connectivity index (χ3v) is 8.63. The molecule has 0 aromatic carbocycles. The maximum atomic E-state index is 13.7. The van der Waals surface area contributed by atoms with Crippen LogP contribution in [0.4, 0.5) is 0 Å². The highest BCUT2D eigenvalue weighted by molar-refractivity contribution is 5.93. The van der Waals surface area contributed by atoms with E-state index >= 15 is 0 Å². The van der Waals surface area contributed by atoms with Crippen molar-refractivity contribution in [2.75, 3.05) is 26.2 Å². The molecule has 0 bridgehead atoms. The van der Waals surface area contributed by atoms with Gasteiger partial charge in [0.15, 0.2) is 11.6 Å². The molecular formula is C27H52N2O2. The van der Waals surface area contributed by atoms with Gasteiger partial charge in [0.25, 0.3) is 0 Å². The molecule has 182 valence electrons. The number of Topliss-reactive ketones (excluding diaryl/α,β-unsaturated/α-hetero) is 2. The van der Waals surface area contributed by atoms with Gasteiger partial charge in [0, 0.05) is 37.0 Å². The molecule has 0 aromatic rings. The lowest BCUT2D eigenvalue weighted by Gasteiger charge is -2.45. The molecule has 1 aliphatic heterocycles. The van der Waals surface area contributed by atoms with Gasteiger partial charge in [0.05, 0.1) is 11.1 Å². The largest absolute Gasteiger partial charge is 0.297 e. The lowest BCUT2D eigenvalue weighted by Crippen LogP contribution is -2.59. The minimum Gasteiger partial charge on any atom is -0.297 e. The van der Waals surface area contributed by atoms with Gasteiger partial charge in [-0.2, -0.15) is 0 Å². The van der Waals surface area contributed by atoms with Crippen LogP contribution in [0.5, 0.6) is 0 Å². The van der Waals surface area contributed by atoms with Crippen LogP contribution in [0.25, 0.3) is 0 Å². The molecular weight excluding hydrogens is 384 g/mol. The summed E-state index contributed by atoms with van der Waals surface area (Å²) in [6, 6.07) is 0. The Balaban J connectivity index is 3.35. The Hall–Kier alpha value is -0.740. The van der Waals surface area contributed by atoms with Crippen LogP contribution in [0.1, 0.15) is 109 Å². The van der Waals surface area contributed by atoms with Gasteiger partial charge in [-0.1, -0.05) is 69.2 Å². The molecule has 0 aliphatic carbocycles. The fourth-order valence-corrected chi connectivity index (χ4v) is 5.16. The van der Waals surface area contributed by atoms with Gasteiger partial charge in [-0.25, -0.2) is 0 Å². The van der Waals surface area contributed by atoms with E-state index in [9.17, 15) is 9.59 Å². The Bertz CT molecular complexity index is 598. The zero-order valence-electron chi connectivity index (χ0n) is 22.9. The summed E-state index contributed by atoms with van der Waals surface area (Å²) in [7, 11) is 0. The minimum atomic E-state index is -0.484. The van der Waals surface area contributed by atoms with Crippen molar-refractivity contribution in [3.63, 3.8) is 0 Å². The lowest BCUT2D eigenvalue weighted by atomic mass is 9.73. The van der Waals surface area contributed by atoms with Gasteiger partial charge in [-0.15, -0.1) is 0 Å². The maximum Gasteiger partial charge on any atom is 0.158 e. The van der Waals surface area contributed by atoms with E-state index in [1.54, 1.807) is 0 Å². The maximum absolute atomic E-state index is 13.7. The summed E-state index contributed by atoms with van der Waals surface area (Å²) in [5.41, 5.74) is -1.65. The van der Waals surface area contributed by atoms with Crippen LogP contribution < -0.4 is 0 Å². The Morgan fingerprint density at radius 1 is 0.645 bits per heavy atom. The summed E-state index contributed by atoms with van der Waals surface area (Å²) < 4.78 is 0. The molecule has 0 radical (unpaired) electrons. The molecule has 0 spiro atoms. The van der Waals surface area contributed by atoms with Crippen LogP contribution >= 0.6 is 0 Å². The second-order valence-electron chi connectivity index (χ2n) is 12.4. The van der Waals surface area contributed by atoms with Gasteiger partial charge in [-0.3, -0.25) is 19.4 Å². The molecule has 1 fully saturated rings. The summed E-state index contributed by atoms with van der Waals surface area (Å²) in [5, 5.41) is 0. The van der Waals surface area contributed by atoms with E-state index in [-0.39, 0.29) is 16.2 Å². The number of ketones is 2. The number of nitrogens with zero attached hydrogens (tertiary/aromatic N) is 2. The standard InChI is InChI=1S/C27H52N2O2/c1-13-24(7,8)21(30)26(11,15-3)28-17-18-29(20-23(5,6)19-28)27(12,16-4)22(31)25(9,10)14-2/h13-20H2,1-12H3. The fraction of sp³-hybridized carbons (Fsp3) is 0.926. The molecule has 31 heavy (non-hydrogen) atoms. The zero-order chi connectivity index (χ0) is 24.5. The third-order valence-electron chi connectivity index (χ3n) is 8.63. The van der Waals surface area contributed by atoms with Gasteiger partial charge in [0.2, 0.25) is 0 Å². The van der Waals surface area contributed by atoms with Gasteiger partial charge >= 0.3 is 0 Å². The minimum absolute atomic E-state index is 0.0172. The number of rotatable bonds is 10. The van der Waals surface area contributed by atoms with Crippen molar-refractivity contribution in [2.24, 2.45) is 16.2 Å². The Morgan fingerprint density at radius 2 is 0.935 bits per heavy atom. The highest BCUT2D eigenvalue weighted by Crippen LogP contribution is 2.39. The van der Waals surface area contributed by atoms with Crippen molar-refractivity contribution >= 4 is 11.6 Å². The molecule has 1 heterocycles. The molecule has 1 rings (SSSR count). The van der Waals surface area contributed by atoms with E-state index in [0.717, 1.165) is 51.9 Å². The van der Waals surface area contributed by atoms with Crippen LogP contribution in [0.15, 0.2) is 0 Å². The van der Waals surface area contributed by atoms with E-state index in [2.05, 4.69) is 92.9 Å². The highest BCUT2D eigenvalue weighted by Gasteiger charge is 2.50. The van der Waals surface area contributed by atoms with E-state index in [0.29, 0.717) is 11.6 Å². The predicted octanol–water partition coefficient (Wildman–Crippen LogP) is 5.98. The van der Waals surface area contributed by atoms with Crippen LogP contribution in [0, 0.1) is 16.2 Å². The Morgan fingerprint density at radius 3 is 1.16 bits per heavy atom. The van der Waals surface area contributed by atoms with Crippen molar-refractivity contribution in [3.8, 4) is 0 Å². The summed E-state index contributed by atoms with van der Waals surface area (Å²) >= 11 is 0. The molecule has 0 N–H and O–H groups in total. The summed E-state index contributed by atoms with van der Waals surface area (Å²) in [4.78, 5) is 32.2. The first-order chi connectivity index (χ1) is 14.0. The van der Waals surface area contributed by atoms with Crippen LogP contribution in [-0.2, 0) is 9.59 Å². The first kappa shape index (κ1) is 28.3. The number of hydrogen-bond donors (Lipinski definition) is 0. The topological polar surface area (TPSA) is 40.6 Å². The Kier molecular flexibility index (Phi) is 8.79. The summed E-state index contributed by atoms with van der Waals surface area (Å²) in [6.45, 7) is 29.0. The van der Waals surface area contributed by atoms with E-state index < -0.39 is 11.1 Å². The molecule has 0 aromatic heterocycles.